The molecule has 1 N–H and O–H groups in total. The minimum atomic E-state index is -0.229. The van der Waals surface area contributed by atoms with Crippen LogP contribution in [0.25, 0.3) is 0 Å². The van der Waals surface area contributed by atoms with Gasteiger partial charge in [-0.3, -0.25) is 0 Å². The number of thiazole rings is 1. The van der Waals surface area contributed by atoms with Crippen LogP contribution < -0.4 is 0 Å². The molecule has 2 aliphatic rings. The zero-order valence-electron chi connectivity index (χ0n) is 8.42. The molecule has 0 amide bonds. The minimum absolute atomic E-state index is 0.229. The van der Waals surface area contributed by atoms with Crippen molar-refractivity contribution in [2.45, 2.75) is 50.5 Å². The average Bonchev–Trinajstić information content (AvgIpc) is 2.77. The van der Waals surface area contributed by atoms with E-state index in [2.05, 4.69) is 6.92 Å². The van der Waals surface area contributed by atoms with Gasteiger partial charge in [0, 0.05) is 5.41 Å². The summed E-state index contributed by atoms with van der Waals surface area (Å²) < 4.78 is 0. The fourth-order valence-corrected chi connectivity index (χ4v) is 3.39. The van der Waals surface area contributed by atoms with Crippen LogP contribution in [0, 0.1) is 0 Å². The van der Waals surface area contributed by atoms with E-state index in [-0.39, 0.29) is 6.10 Å². The van der Waals surface area contributed by atoms with Crippen LogP contribution in [0.15, 0.2) is 0 Å². The SMILES string of the molecule is CC1(c2nc3c(s2)C(O)CCC3)CC1. The predicted octanol–water partition coefficient (Wildman–Crippen LogP) is 2.56. The van der Waals surface area contributed by atoms with Crippen LogP contribution in [-0.4, -0.2) is 10.1 Å². The Labute approximate surface area is 88.0 Å². The average molecular weight is 209 g/mol. The molecule has 1 aromatic rings. The number of aliphatic hydroxyl groups is 1. The normalized spacial score (nSPS) is 28.6. The second-order valence-corrected chi connectivity index (χ2v) is 5.83. The number of hydrogen-bond acceptors (Lipinski definition) is 3. The monoisotopic (exact) mass is 209 g/mol. The number of aromatic nitrogens is 1. The zero-order chi connectivity index (χ0) is 9.76. The van der Waals surface area contributed by atoms with E-state index < -0.39 is 0 Å². The molecule has 0 bridgehead atoms. The smallest absolute Gasteiger partial charge is 0.0991 e. The van der Waals surface area contributed by atoms with Crippen molar-refractivity contribution >= 4 is 11.3 Å². The molecule has 1 atom stereocenters. The van der Waals surface area contributed by atoms with Gasteiger partial charge in [-0.1, -0.05) is 6.92 Å². The van der Waals surface area contributed by atoms with Crippen LogP contribution in [0.2, 0.25) is 0 Å². The van der Waals surface area contributed by atoms with E-state index in [0.29, 0.717) is 5.41 Å². The Morgan fingerprint density at radius 3 is 2.93 bits per heavy atom. The summed E-state index contributed by atoms with van der Waals surface area (Å²) in [5, 5.41) is 11.1. The number of rotatable bonds is 1. The maximum absolute atomic E-state index is 9.83. The van der Waals surface area contributed by atoms with Crippen molar-refractivity contribution < 1.29 is 5.11 Å². The van der Waals surface area contributed by atoms with Gasteiger partial charge >= 0.3 is 0 Å². The lowest BCUT2D eigenvalue weighted by Gasteiger charge is -2.14. The number of aryl methyl sites for hydroxylation is 1. The summed E-state index contributed by atoms with van der Waals surface area (Å²) in [5.41, 5.74) is 1.54. The van der Waals surface area contributed by atoms with Gasteiger partial charge in [-0.25, -0.2) is 4.98 Å². The molecule has 1 heterocycles. The van der Waals surface area contributed by atoms with Crippen molar-refractivity contribution in [1.29, 1.82) is 0 Å². The molecule has 0 saturated heterocycles. The van der Waals surface area contributed by atoms with Gasteiger partial charge in [0.1, 0.15) is 0 Å². The molecule has 2 nitrogen and oxygen atoms in total. The summed E-state index contributed by atoms with van der Waals surface area (Å²) >= 11 is 1.75. The second-order valence-electron chi connectivity index (χ2n) is 4.80. The van der Waals surface area contributed by atoms with Crippen LogP contribution >= 0.6 is 11.3 Å². The highest BCUT2D eigenvalue weighted by molar-refractivity contribution is 7.12. The molecule has 2 aliphatic carbocycles. The maximum Gasteiger partial charge on any atom is 0.0991 e. The van der Waals surface area contributed by atoms with E-state index in [4.69, 9.17) is 4.98 Å². The lowest BCUT2D eigenvalue weighted by atomic mass is 10.0. The van der Waals surface area contributed by atoms with Crippen LogP contribution in [0.5, 0.6) is 0 Å². The summed E-state index contributed by atoms with van der Waals surface area (Å²) in [4.78, 5) is 5.85. The molecule has 3 heteroatoms. The van der Waals surface area contributed by atoms with E-state index in [1.807, 2.05) is 0 Å². The Kier molecular flexibility index (Phi) is 1.77. The van der Waals surface area contributed by atoms with Gasteiger partial charge in [-0.15, -0.1) is 11.3 Å². The highest BCUT2D eigenvalue weighted by Gasteiger charge is 2.43. The summed E-state index contributed by atoms with van der Waals surface area (Å²) in [6.07, 6.45) is 5.40. The molecule has 1 aromatic heterocycles. The largest absolute Gasteiger partial charge is 0.388 e. The third-order valence-electron chi connectivity index (χ3n) is 3.44. The fraction of sp³-hybridized carbons (Fsp3) is 0.727. The van der Waals surface area contributed by atoms with Crippen molar-refractivity contribution in [3.05, 3.63) is 15.6 Å². The second kappa shape index (κ2) is 2.80. The lowest BCUT2D eigenvalue weighted by Crippen LogP contribution is -2.06. The number of hydrogen-bond donors (Lipinski definition) is 1. The van der Waals surface area contributed by atoms with Gasteiger partial charge in [0.25, 0.3) is 0 Å². The van der Waals surface area contributed by atoms with Crippen molar-refractivity contribution in [3.63, 3.8) is 0 Å². The maximum atomic E-state index is 9.83. The highest BCUT2D eigenvalue weighted by atomic mass is 32.1. The molecule has 0 aromatic carbocycles. The Balaban J connectivity index is 2.02. The summed E-state index contributed by atoms with van der Waals surface area (Å²) in [6, 6.07) is 0. The van der Waals surface area contributed by atoms with Crippen molar-refractivity contribution in [1.82, 2.24) is 4.98 Å². The molecular formula is C11H15NOS. The van der Waals surface area contributed by atoms with Crippen LogP contribution in [-0.2, 0) is 11.8 Å². The van der Waals surface area contributed by atoms with E-state index in [0.717, 1.165) is 24.1 Å². The molecule has 0 aliphatic heterocycles. The summed E-state index contributed by atoms with van der Waals surface area (Å²) in [7, 11) is 0. The van der Waals surface area contributed by atoms with E-state index in [9.17, 15) is 5.11 Å². The van der Waals surface area contributed by atoms with Gasteiger partial charge in [-0.05, 0) is 32.1 Å². The molecule has 1 saturated carbocycles. The van der Waals surface area contributed by atoms with Crippen LogP contribution in [0.4, 0.5) is 0 Å². The number of fused-ring (bicyclic) bond motifs is 1. The Bertz CT molecular complexity index is 367. The standard InChI is InChI=1S/C11H15NOS/c1-11(5-6-11)10-12-7-3-2-4-8(13)9(7)14-10/h8,13H,2-6H2,1H3. The van der Waals surface area contributed by atoms with Crippen molar-refractivity contribution in [3.8, 4) is 0 Å². The molecule has 0 radical (unpaired) electrons. The van der Waals surface area contributed by atoms with E-state index in [1.54, 1.807) is 11.3 Å². The third kappa shape index (κ3) is 1.22. The van der Waals surface area contributed by atoms with Crippen molar-refractivity contribution in [2.75, 3.05) is 0 Å². The first kappa shape index (κ1) is 8.86. The van der Waals surface area contributed by atoms with E-state index in [1.165, 1.54) is 23.5 Å². The minimum Gasteiger partial charge on any atom is -0.388 e. The third-order valence-corrected chi connectivity index (χ3v) is 4.94. The zero-order valence-corrected chi connectivity index (χ0v) is 9.23. The molecular weight excluding hydrogens is 194 g/mol. The predicted molar refractivity (Wildman–Crippen MR) is 56.6 cm³/mol. The van der Waals surface area contributed by atoms with E-state index >= 15 is 0 Å². The molecule has 76 valence electrons. The summed E-state index contributed by atoms with van der Waals surface area (Å²) in [6.45, 7) is 2.28. The first-order valence-corrected chi connectivity index (χ1v) is 6.19. The number of aliphatic hydroxyl groups excluding tert-OH is 1. The van der Waals surface area contributed by atoms with Gasteiger partial charge in [0.2, 0.25) is 0 Å². The van der Waals surface area contributed by atoms with Crippen molar-refractivity contribution in [2.24, 2.45) is 0 Å². The quantitative estimate of drug-likeness (QED) is 0.771. The lowest BCUT2D eigenvalue weighted by molar-refractivity contribution is 0.160. The van der Waals surface area contributed by atoms with Gasteiger partial charge < -0.3 is 5.11 Å². The highest BCUT2D eigenvalue weighted by Crippen LogP contribution is 2.50. The van der Waals surface area contributed by atoms with Gasteiger partial charge in [0.05, 0.1) is 21.7 Å². The molecule has 14 heavy (non-hydrogen) atoms. The topological polar surface area (TPSA) is 33.1 Å². The van der Waals surface area contributed by atoms with Gasteiger partial charge in [0.15, 0.2) is 0 Å². The Hall–Kier alpha value is -0.410. The van der Waals surface area contributed by atoms with Crippen LogP contribution in [0.1, 0.15) is 54.3 Å². The first-order chi connectivity index (χ1) is 6.69. The van der Waals surface area contributed by atoms with Crippen LogP contribution in [0.3, 0.4) is 0 Å². The molecule has 1 fully saturated rings. The molecule has 0 spiro atoms. The molecule has 3 rings (SSSR count). The fourth-order valence-electron chi connectivity index (χ4n) is 2.06. The first-order valence-electron chi connectivity index (χ1n) is 5.37. The molecule has 1 unspecified atom stereocenters. The Morgan fingerprint density at radius 1 is 1.50 bits per heavy atom. The Morgan fingerprint density at radius 2 is 2.29 bits per heavy atom. The van der Waals surface area contributed by atoms with Gasteiger partial charge in [-0.2, -0.15) is 0 Å². The summed E-state index contributed by atoms with van der Waals surface area (Å²) in [5.74, 6) is 0. The number of nitrogens with zero attached hydrogens (tertiary/aromatic N) is 1.